The topological polar surface area (TPSA) is 257 Å². The highest BCUT2D eigenvalue weighted by Gasteiger charge is 2.43. The molecule has 4 atom stereocenters. The van der Waals surface area contributed by atoms with Gasteiger partial charge in [0.1, 0.15) is 37.9 Å². The third-order valence-corrected chi connectivity index (χ3v) is 30.1. The smallest absolute Gasteiger partial charge is 0.261 e. The van der Waals surface area contributed by atoms with Gasteiger partial charge in [-0.1, -0.05) is 108 Å². The van der Waals surface area contributed by atoms with Crippen LogP contribution in [0.15, 0.2) is 192 Å². The maximum atomic E-state index is 14.5. The van der Waals surface area contributed by atoms with Gasteiger partial charge in [-0.15, -0.1) is 0 Å². The lowest BCUT2D eigenvalue weighted by Crippen LogP contribution is -2.37. The highest BCUT2D eigenvalue weighted by Crippen LogP contribution is 2.48. The van der Waals surface area contributed by atoms with E-state index in [4.69, 9.17) is 79.5 Å². The van der Waals surface area contributed by atoms with E-state index in [1.54, 1.807) is 89.0 Å². The summed E-state index contributed by atoms with van der Waals surface area (Å²) in [4.78, 5) is 106. The Labute approximate surface area is 845 Å². The SMILES string of the molecule is COCCOCCOCCN(C(=O)CCC(C)(C)S)c1cc(COc2cc3c(cc2C)C(=O)N2c4ccccc4CC2CC3)cc(COc2cc3c(cc2OC)C(=O)N2c4ccccc4C[C@H]2C=N3)c1.COCCOCCOCCN(C(=O)CCC(C)(C)SSC)c1cc(COc2cc3c(cc2C)C(=O)N2c4ccccc4CC2CC3)cc(COc2cc3c(cc2OC)C(=O)N2c4ccccc4C[C@H]2C=N3)c1. The first-order valence-corrected chi connectivity index (χ1v) is 51.9. The Morgan fingerprint density at radius 2 is 0.754 bits per heavy atom. The Morgan fingerprint density at radius 3 is 1.13 bits per heavy atom. The zero-order chi connectivity index (χ0) is 99.3. The van der Waals surface area contributed by atoms with Crippen molar-refractivity contribution in [1.82, 2.24) is 0 Å². The number of ether oxygens (including phenoxy) is 12. The molecule has 8 aliphatic rings. The molecule has 10 aromatic carbocycles. The zero-order valence-electron chi connectivity index (χ0n) is 82.8. The van der Waals surface area contributed by atoms with Crippen LogP contribution in [0.3, 0.4) is 0 Å². The molecule has 0 N–H and O–H groups in total. The van der Waals surface area contributed by atoms with Crippen molar-refractivity contribution in [3.05, 3.63) is 271 Å². The minimum absolute atomic E-state index is 0.0258. The summed E-state index contributed by atoms with van der Waals surface area (Å²) in [5.41, 5.74) is 19.9. The van der Waals surface area contributed by atoms with Gasteiger partial charge >= 0.3 is 0 Å². The van der Waals surface area contributed by atoms with E-state index in [0.29, 0.717) is 184 Å². The number of hydrogen-bond acceptors (Lipinski definition) is 23. The lowest BCUT2D eigenvalue weighted by atomic mass is 9.98. The minimum Gasteiger partial charge on any atom is -0.493 e. The monoisotopic (exact) mass is 1980 g/mol. The van der Waals surface area contributed by atoms with Crippen LogP contribution in [-0.4, -0.2) is 195 Å². The van der Waals surface area contributed by atoms with Crippen molar-refractivity contribution in [2.75, 3.05) is 143 Å². The van der Waals surface area contributed by atoms with Crippen molar-refractivity contribution in [3.63, 3.8) is 0 Å². The average molecular weight is 1980 g/mol. The zero-order valence-corrected chi connectivity index (χ0v) is 85.3. The first kappa shape index (κ1) is 101. The third-order valence-electron chi connectivity index (χ3n) is 27.2. The Bertz CT molecular complexity index is 6380. The van der Waals surface area contributed by atoms with Crippen LogP contribution >= 0.6 is 34.2 Å². The van der Waals surface area contributed by atoms with Gasteiger partial charge in [0.2, 0.25) is 11.8 Å². The number of thiol groups is 1. The Hall–Kier alpha value is -12.0. The number of carbonyl (C=O) groups is 6. The lowest BCUT2D eigenvalue weighted by molar-refractivity contribution is -0.119. The van der Waals surface area contributed by atoms with Gasteiger partial charge in [0.05, 0.1) is 115 Å². The molecule has 2 unspecified atom stereocenters. The van der Waals surface area contributed by atoms with Gasteiger partial charge in [0, 0.05) is 144 Å². The van der Waals surface area contributed by atoms with Gasteiger partial charge in [-0.05, 0) is 249 Å². The minimum atomic E-state index is -0.356. The first-order valence-electron chi connectivity index (χ1n) is 48.9. The summed E-state index contributed by atoms with van der Waals surface area (Å²) >= 11 is 4.73. The molecule has 18 rings (SSSR count). The van der Waals surface area contributed by atoms with Crippen molar-refractivity contribution in [2.45, 2.75) is 179 Å². The van der Waals surface area contributed by atoms with Crippen LogP contribution in [-0.2, 0) is 103 Å². The van der Waals surface area contributed by atoms with Gasteiger partial charge < -0.3 is 76.4 Å². The number of aliphatic imine (C=N–C) groups is 2. The standard InChI is InChI=1S/C57H64N4O9S2.C56H62N4O9S/c1-37-25-46-40(15-16-43-29-41-11-7-9-13-49(41)60(43)55(46)63)31-51(37)69-35-38-26-39(28-44(27-38)59(19-20-67-23-24-68-22-21-65-4)54(62)17-18-57(2,3)72-71-6)36-70-53-33-48-47(32-52(53)66-5)56(64)61-45(34-58-48)30-42-12-8-10-14-50(42)61;1-36-24-45-39(14-15-42-28-40-10-6-8-12-48(40)59(42)54(45)62)30-50(36)68-34-37-25-38(27-43(26-37)58(53(61)16-17-56(2,3)70)18-19-66-22-23-67-21-20-64-4)35-69-52-32-47-46(31-51(52)65-5)55(63)60-44(33-57-47)29-41-11-7-9-13-49(41)60/h7-14,25-28,31-34,43,45H,15-24,29-30,35-36H2,1-6H3;6-13,24-27,30-33,42,44,70H,14-23,28-29,34-35H2,1-5H3/t43?,45-;42?,44-/m00/s1. The fourth-order valence-corrected chi connectivity index (χ4v) is 22.3. The van der Waals surface area contributed by atoms with Gasteiger partial charge in [0.25, 0.3) is 23.6 Å². The molecule has 26 nitrogen and oxygen atoms in total. The van der Waals surface area contributed by atoms with E-state index in [1.807, 2.05) is 194 Å². The second-order valence-electron chi connectivity index (χ2n) is 38.2. The molecular formula is C113H126N8O18S3. The van der Waals surface area contributed by atoms with Crippen LogP contribution in [0.25, 0.3) is 0 Å². The lowest BCUT2D eigenvalue weighted by Gasteiger charge is -2.27. The molecule has 142 heavy (non-hydrogen) atoms. The Kier molecular flexibility index (Phi) is 33.0. The molecule has 0 aliphatic carbocycles. The summed E-state index contributed by atoms with van der Waals surface area (Å²) in [5.74, 6) is 2.68. The molecule has 744 valence electrons. The maximum absolute atomic E-state index is 14.5. The molecule has 0 aromatic heterocycles. The van der Waals surface area contributed by atoms with E-state index >= 15 is 0 Å². The Morgan fingerprint density at radius 1 is 0.401 bits per heavy atom. The van der Waals surface area contributed by atoms with E-state index in [0.717, 1.165) is 117 Å². The summed E-state index contributed by atoms with van der Waals surface area (Å²) in [5, 5.41) is 0. The molecule has 0 fully saturated rings. The molecule has 8 heterocycles. The van der Waals surface area contributed by atoms with E-state index in [9.17, 15) is 28.8 Å². The van der Waals surface area contributed by atoms with E-state index in [2.05, 4.69) is 38.3 Å². The van der Waals surface area contributed by atoms with Crippen molar-refractivity contribution in [1.29, 1.82) is 0 Å². The molecule has 0 bridgehead atoms. The van der Waals surface area contributed by atoms with Crippen molar-refractivity contribution >= 4 is 128 Å². The normalized spacial score (nSPS) is 16.6. The predicted molar refractivity (Wildman–Crippen MR) is 563 cm³/mol. The average Bonchev–Trinajstić information content (AvgIpc) is 1.61. The first-order chi connectivity index (χ1) is 68.8. The van der Waals surface area contributed by atoms with Crippen LogP contribution < -0.4 is 57.8 Å². The summed E-state index contributed by atoms with van der Waals surface area (Å²) in [7, 11) is 9.83. The van der Waals surface area contributed by atoms with Crippen LogP contribution in [0.2, 0.25) is 0 Å². The number of para-hydroxylation sites is 4. The Balaban J connectivity index is 0.000000195. The number of benzene rings is 10. The molecule has 8 aliphatic heterocycles. The van der Waals surface area contributed by atoms with Gasteiger partial charge in [-0.25, -0.2) is 0 Å². The molecule has 10 aromatic rings. The summed E-state index contributed by atoms with van der Waals surface area (Å²) in [6.45, 7) is 17.5. The molecular weight excluding hydrogens is 1850 g/mol. The third kappa shape index (κ3) is 23.6. The van der Waals surface area contributed by atoms with Gasteiger partial charge in [-0.3, -0.25) is 48.6 Å². The number of rotatable bonds is 42. The van der Waals surface area contributed by atoms with E-state index in [-0.39, 0.29) is 109 Å². The van der Waals surface area contributed by atoms with Crippen LogP contribution in [0.1, 0.15) is 174 Å². The summed E-state index contributed by atoms with van der Waals surface area (Å²) in [6.07, 6.45) is 13.9. The summed E-state index contributed by atoms with van der Waals surface area (Å²) in [6, 6.07) is 59.0. The summed E-state index contributed by atoms with van der Waals surface area (Å²) < 4.78 is 71.1. The number of aryl methyl sites for hydroxylation is 4. The quantitative estimate of drug-likeness (QED) is 0.0212. The number of nitrogens with zero attached hydrogens (tertiary/aromatic N) is 8. The largest absolute Gasteiger partial charge is 0.493 e. The van der Waals surface area contributed by atoms with Crippen molar-refractivity contribution in [3.8, 4) is 34.5 Å². The highest BCUT2D eigenvalue weighted by atomic mass is 33.1. The van der Waals surface area contributed by atoms with Crippen LogP contribution in [0.4, 0.5) is 45.5 Å². The molecule has 29 heteroatoms. The molecule has 6 amide bonds. The van der Waals surface area contributed by atoms with E-state index < -0.39 is 0 Å². The highest BCUT2D eigenvalue weighted by molar-refractivity contribution is 8.76. The second kappa shape index (κ2) is 46.1. The van der Waals surface area contributed by atoms with Crippen molar-refractivity contribution in [2.24, 2.45) is 9.98 Å². The van der Waals surface area contributed by atoms with Crippen LogP contribution in [0, 0.1) is 13.8 Å². The fraction of sp³-hybridized carbons (Fsp3) is 0.398. The number of anilines is 6. The number of carbonyl (C=O) groups excluding carboxylic acids is 6. The maximum Gasteiger partial charge on any atom is 0.261 e. The number of fused-ring (bicyclic) bond motifs is 16. The van der Waals surface area contributed by atoms with E-state index in [1.165, 1.54) is 11.1 Å². The number of methoxy groups -OCH3 is 4. The van der Waals surface area contributed by atoms with Crippen LogP contribution in [0.5, 0.6) is 34.5 Å². The fourth-order valence-electron chi connectivity index (χ4n) is 20.0. The molecule has 0 saturated heterocycles. The number of amides is 6. The second-order valence-corrected chi connectivity index (χ2v) is 42.5. The van der Waals surface area contributed by atoms with Gasteiger partial charge in [0.15, 0.2) is 23.0 Å². The number of hydrogen-bond donors (Lipinski definition) is 1. The predicted octanol–water partition coefficient (Wildman–Crippen LogP) is 20.0. The molecule has 0 spiro atoms. The molecule has 0 saturated carbocycles. The molecule has 0 radical (unpaired) electrons. The van der Waals surface area contributed by atoms with Crippen molar-refractivity contribution < 1.29 is 85.6 Å². The van der Waals surface area contributed by atoms with Gasteiger partial charge in [-0.2, -0.15) is 12.6 Å².